The van der Waals surface area contributed by atoms with E-state index >= 15 is 0 Å². The molecule has 30 heavy (non-hydrogen) atoms. The zero-order valence-electron chi connectivity index (χ0n) is 16.5. The van der Waals surface area contributed by atoms with E-state index in [2.05, 4.69) is 25.6 Å². The minimum absolute atomic E-state index is 0.0675. The number of nitrogens with zero attached hydrogens (tertiary/aromatic N) is 3. The summed E-state index contributed by atoms with van der Waals surface area (Å²) in [4.78, 5) is 25.4. The molecule has 0 atom stereocenters. The molecule has 0 unspecified atom stereocenters. The number of carbonyl (C=O) groups excluding carboxylic acids is 1. The Kier molecular flexibility index (Phi) is 6.31. The number of rotatable bonds is 4. The van der Waals surface area contributed by atoms with Crippen LogP contribution >= 0.6 is 0 Å². The lowest BCUT2D eigenvalue weighted by Gasteiger charge is -2.13. The van der Waals surface area contributed by atoms with E-state index in [1.54, 1.807) is 44.2 Å². The van der Waals surface area contributed by atoms with E-state index in [1.165, 1.54) is 13.2 Å². The minimum Gasteiger partial charge on any atom is -0.496 e. The van der Waals surface area contributed by atoms with Gasteiger partial charge in [-0.2, -0.15) is 4.99 Å². The van der Waals surface area contributed by atoms with Crippen LogP contribution in [0.2, 0.25) is 0 Å². The van der Waals surface area contributed by atoms with Crippen molar-refractivity contribution in [1.29, 1.82) is 0 Å². The largest absolute Gasteiger partial charge is 0.496 e. The molecule has 0 aliphatic heterocycles. The lowest BCUT2D eigenvalue weighted by Crippen LogP contribution is -2.36. The van der Waals surface area contributed by atoms with Crippen molar-refractivity contribution in [3.63, 3.8) is 0 Å². The van der Waals surface area contributed by atoms with E-state index in [1.807, 2.05) is 0 Å². The fourth-order valence-corrected chi connectivity index (χ4v) is 2.67. The highest BCUT2D eigenvalue weighted by Gasteiger charge is 2.16. The number of guanidine groups is 1. The van der Waals surface area contributed by atoms with Gasteiger partial charge in [0, 0.05) is 17.5 Å². The van der Waals surface area contributed by atoms with Crippen LogP contribution < -0.4 is 15.4 Å². The van der Waals surface area contributed by atoms with Gasteiger partial charge in [-0.1, -0.05) is 12.1 Å². The average molecular weight is 411 g/mol. The van der Waals surface area contributed by atoms with Crippen molar-refractivity contribution < 1.29 is 18.3 Å². The first kappa shape index (κ1) is 20.8. The first-order valence-electron chi connectivity index (χ1n) is 8.93. The number of hydrogen-bond acceptors (Lipinski definition) is 5. The van der Waals surface area contributed by atoms with Gasteiger partial charge in [-0.15, -0.1) is 0 Å². The van der Waals surface area contributed by atoms with Crippen LogP contribution in [0.5, 0.6) is 5.75 Å². The van der Waals surface area contributed by atoms with Crippen molar-refractivity contribution in [1.82, 2.24) is 15.3 Å². The highest BCUT2D eigenvalue weighted by atomic mass is 19.1. The maximum absolute atomic E-state index is 14.1. The third-order valence-corrected chi connectivity index (χ3v) is 3.95. The van der Waals surface area contributed by atoms with Crippen LogP contribution in [0.4, 0.5) is 20.4 Å². The highest BCUT2D eigenvalue weighted by Crippen LogP contribution is 2.18. The molecule has 2 N–H and O–H groups in total. The Bertz CT molecular complexity index is 1100. The Morgan fingerprint density at radius 1 is 1.03 bits per heavy atom. The van der Waals surface area contributed by atoms with Gasteiger partial charge in [0.1, 0.15) is 17.4 Å². The minimum atomic E-state index is -0.851. The molecule has 0 saturated carbocycles. The van der Waals surface area contributed by atoms with Crippen LogP contribution in [0, 0.1) is 25.5 Å². The number of hydrogen-bond donors (Lipinski definition) is 2. The van der Waals surface area contributed by atoms with Gasteiger partial charge in [0.2, 0.25) is 5.96 Å². The van der Waals surface area contributed by atoms with E-state index in [0.29, 0.717) is 17.1 Å². The molecule has 3 rings (SSSR count). The van der Waals surface area contributed by atoms with Gasteiger partial charge in [-0.25, -0.2) is 18.7 Å². The Labute approximate surface area is 171 Å². The second kappa shape index (κ2) is 9.08. The molecular formula is C21H19F2N5O2. The number of methoxy groups -OCH3 is 1. The monoisotopic (exact) mass is 411 g/mol. The van der Waals surface area contributed by atoms with Crippen LogP contribution in [-0.4, -0.2) is 28.9 Å². The second-order valence-electron chi connectivity index (χ2n) is 6.31. The number of para-hydroxylation sites is 1. The maximum Gasteiger partial charge on any atom is 0.261 e. The van der Waals surface area contributed by atoms with Crippen molar-refractivity contribution in [3.05, 3.63) is 77.1 Å². The van der Waals surface area contributed by atoms with Gasteiger partial charge >= 0.3 is 0 Å². The highest BCUT2D eigenvalue weighted by molar-refractivity contribution is 6.11. The van der Waals surface area contributed by atoms with Gasteiger partial charge in [-0.3, -0.25) is 10.1 Å². The fraction of sp³-hybridized carbons (Fsp3) is 0.143. The summed E-state index contributed by atoms with van der Waals surface area (Å²) in [5.74, 6) is -1.85. The van der Waals surface area contributed by atoms with Crippen molar-refractivity contribution in [2.24, 2.45) is 4.99 Å². The molecule has 0 bridgehead atoms. The molecule has 2 aromatic carbocycles. The molecule has 1 heterocycles. The summed E-state index contributed by atoms with van der Waals surface area (Å²) in [5.41, 5.74) is 1.50. The van der Waals surface area contributed by atoms with E-state index in [9.17, 15) is 13.6 Å². The van der Waals surface area contributed by atoms with E-state index in [-0.39, 0.29) is 23.2 Å². The van der Waals surface area contributed by atoms with Crippen molar-refractivity contribution in [2.45, 2.75) is 13.8 Å². The summed E-state index contributed by atoms with van der Waals surface area (Å²) in [5, 5.41) is 5.22. The summed E-state index contributed by atoms with van der Waals surface area (Å²) >= 11 is 0. The molecule has 0 spiro atoms. The molecule has 7 nitrogen and oxygen atoms in total. The van der Waals surface area contributed by atoms with Crippen LogP contribution in [0.25, 0.3) is 0 Å². The van der Waals surface area contributed by atoms with Crippen molar-refractivity contribution in [2.75, 3.05) is 12.4 Å². The Morgan fingerprint density at radius 2 is 1.73 bits per heavy atom. The number of aryl methyl sites for hydroxylation is 2. The first-order valence-corrected chi connectivity index (χ1v) is 8.93. The predicted octanol–water partition coefficient (Wildman–Crippen LogP) is 3.91. The predicted molar refractivity (Wildman–Crippen MR) is 109 cm³/mol. The molecule has 1 amide bonds. The lowest BCUT2D eigenvalue weighted by atomic mass is 10.2. The zero-order chi connectivity index (χ0) is 21.7. The second-order valence-corrected chi connectivity index (χ2v) is 6.31. The van der Waals surface area contributed by atoms with E-state index in [0.717, 1.165) is 12.1 Å². The van der Waals surface area contributed by atoms with Crippen molar-refractivity contribution >= 4 is 23.5 Å². The molecule has 0 fully saturated rings. The molecule has 0 radical (unpaired) electrons. The number of aromatic nitrogens is 2. The lowest BCUT2D eigenvalue weighted by molar-refractivity contribution is 0.0974. The number of nitrogens with one attached hydrogen (secondary N) is 2. The Hall–Kier alpha value is -3.88. The van der Waals surface area contributed by atoms with Gasteiger partial charge in [-0.05, 0) is 44.2 Å². The standard InChI is InChI=1S/C21H19F2N5O2/c1-12-10-13(2)25-20(24-12)28-21(26-17-9-8-14(22)11-16(17)23)27-19(29)15-6-4-5-7-18(15)30-3/h4-11H,1-3H3,(H2,24,25,26,27,28,29). The normalized spacial score (nSPS) is 11.2. The molecule has 0 aliphatic rings. The molecule has 0 saturated heterocycles. The topological polar surface area (TPSA) is 88.5 Å². The third-order valence-electron chi connectivity index (χ3n) is 3.95. The Balaban J connectivity index is 1.98. The number of amides is 1. The maximum atomic E-state index is 14.1. The first-order chi connectivity index (χ1) is 14.4. The molecule has 1 aromatic heterocycles. The number of benzene rings is 2. The smallest absolute Gasteiger partial charge is 0.261 e. The number of aliphatic imine (C=N–C) groups is 1. The third kappa shape index (κ3) is 5.13. The number of anilines is 1. The van der Waals surface area contributed by atoms with E-state index < -0.39 is 17.5 Å². The van der Waals surface area contributed by atoms with Crippen molar-refractivity contribution in [3.8, 4) is 5.75 Å². The molecule has 0 aliphatic carbocycles. The molecular weight excluding hydrogens is 392 g/mol. The van der Waals surface area contributed by atoms with Crippen LogP contribution in [0.1, 0.15) is 21.7 Å². The quantitative estimate of drug-likeness (QED) is 0.502. The van der Waals surface area contributed by atoms with E-state index in [4.69, 9.17) is 4.74 Å². The zero-order valence-corrected chi connectivity index (χ0v) is 16.5. The van der Waals surface area contributed by atoms with Gasteiger partial charge < -0.3 is 10.1 Å². The molecule has 154 valence electrons. The van der Waals surface area contributed by atoms with Crippen LogP contribution in [0.15, 0.2) is 53.5 Å². The summed E-state index contributed by atoms with van der Waals surface area (Å²) in [6, 6.07) is 11.3. The molecule has 9 heteroatoms. The summed E-state index contributed by atoms with van der Waals surface area (Å²) in [6.07, 6.45) is 0. The van der Waals surface area contributed by atoms with Gasteiger partial charge in [0.05, 0.1) is 18.4 Å². The average Bonchev–Trinajstić information content (AvgIpc) is 2.69. The number of halogens is 2. The Morgan fingerprint density at radius 3 is 2.40 bits per heavy atom. The molecule has 3 aromatic rings. The van der Waals surface area contributed by atoms with Gasteiger partial charge in [0.15, 0.2) is 0 Å². The summed E-state index contributed by atoms with van der Waals surface area (Å²) < 4.78 is 32.6. The van der Waals surface area contributed by atoms with Gasteiger partial charge in [0.25, 0.3) is 11.9 Å². The van der Waals surface area contributed by atoms with Crippen LogP contribution in [-0.2, 0) is 0 Å². The summed E-state index contributed by atoms with van der Waals surface area (Å²) in [6.45, 7) is 3.54. The van der Waals surface area contributed by atoms with Crippen LogP contribution in [0.3, 0.4) is 0 Å². The number of ether oxygens (including phenoxy) is 1. The SMILES string of the molecule is COc1ccccc1C(=O)N/C(=N/c1nc(C)cc(C)n1)Nc1ccc(F)cc1F. The summed E-state index contributed by atoms with van der Waals surface area (Å²) in [7, 11) is 1.44. The number of carbonyl (C=O) groups is 1. The fourth-order valence-electron chi connectivity index (χ4n) is 2.67.